The summed E-state index contributed by atoms with van der Waals surface area (Å²) in [6.45, 7) is 6.09. The molecule has 1 saturated carbocycles. The van der Waals surface area contributed by atoms with Gasteiger partial charge in [0.05, 0.1) is 0 Å². The van der Waals surface area contributed by atoms with E-state index in [1.807, 2.05) is 0 Å². The van der Waals surface area contributed by atoms with Crippen molar-refractivity contribution in [2.45, 2.75) is 64.0 Å². The number of nitrogens with one attached hydrogen (secondary N) is 1. The Labute approximate surface area is 94.4 Å². The summed E-state index contributed by atoms with van der Waals surface area (Å²) in [5.74, 6) is 0. The Morgan fingerprint density at radius 2 is 1.87 bits per heavy atom. The van der Waals surface area contributed by atoms with Gasteiger partial charge in [-0.25, -0.2) is 0 Å². The minimum absolute atomic E-state index is 0.830. The Morgan fingerprint density at radius 3 is 2.60 bits per heavy atom. The lowest BCUT2D eigenvalue weighted by molar-refractivity contribution is 0.245. The minimum Gasteiger partial charge on any atom is -0.312 e. The number of nitrogens with zero attached hydrogens (tertiary/aromatic N) is 1. The summed E-state index contributed by atoms with van der Waals surface area (Å²) in [5.41, 5.74) is 0. The molecule has 15 heavy (non-hydrogen) atoms. The van der Waals surface area contributed by atoms with Crippen molar-refractivity contribution in [3.8, 4) is 0 Å². The zero-order chi connectivity index (χ0) is 10.5. The second-order valence-electron chi connectivity index (χ2n) is 5.17. The van der Waals surface area contributed by atoms with Gasteiger partial charge in [-0.2, -0.15) is 0 Å². The summed E-state index contributed by atoms with van der Waals surface area (Å²) in [6.07, 6.45) is 10.00. The molecule has 2 fully saturated rings. The van der Waals surface area contributed by atoms with Gasteiger partial charge in [-0.05, 0) is 38.8 Å². The highest BCUT2D eigenvalue weighted by Gasteiger charge is 2.23. The van der Waals surface area contributed by atoms with Crippen LogP contribution in [0.25, 0.3) is 0 Å². The average molecular weight is 210 g/mol. The van der Waals surface area contributed by atoms with Gasteiger partial charge in [0.1, 0.15) is 0 Å². The van der Waals surface area contributed by atoms with Crippen LogP contribution in [0.4, 0.5) is 0 Å². The fraction of sp³-hybridized carbons (Fsp3) is 1.00. The third-order valence-corrected chi connectivity index (χ3v) is 4.15. The van der Waals surface area contributed by atoms with Gasteiger partial charge in [0.2, 0.25) is 0 Å². The molecule has 2 heteroatoms. The average Bonchev–Trinajstić information content (AvgIpc) is 2.75. The SMILES string of the molecule is CCN1CCC[C@@H]1CNC1CCCCC1. The molecule has 0 unspecified atom stereocenters. The molecule has 1 heterocycles. The Balaban J connectivity index is 1.67. The predicted molar refractivity (Wildman–Crippen MR) is 65.1 cm³/mol. The predicted octanol–water partition coefficient (Wildman–Crippen LogP) is 2.39. The van der Waals surface area contributed by atoms with Crippen molar-refractivity contribution in [1.82, 2.24) is 10.2 Å². The van der Waals surface area contributed by atoms with E-state index in [2.05, 4.69) is 17.1 Å². The van der Waals surface area contributed by atoms with Crippen LogP contribution < -0.4 is 5.32 Å². The quantitative estimate of drug-likeness (QED) is 0.766. The van der Waals surface area contributed by atoms with Crippen LogP contribution in [0.15, 0.2) is 0 Å². The van der Waals surface area contributed by atoms with E-state index in [-0.39, 0.29) is 0 Å². The lowest BCUT2D eigenvalue weighted by Gasteiger charge is -2.28. The third kappa shape index (κ3) is 3.18. The second-order valence-corrected chi connectivity index (χ2v) is 5.17. The van der Waals surface area contributed by atoms with Gasteiger partial charge < -0.3 is 5.32 Å². The number of likely N-dealkylation sites (N-methyl/N-ethyl adjacent to an activating group) is 1. The van der Waals surface area contributed by atoms with Crippen LogP contribution in [0.3, 0.4) is 0 Å². The molecule has 0 aromatic carbocycles. The number of rotatable bonds is 4. The van der Waals surface area contributed by atoms with Gasteiger partial charge in [0, 0.05) is 18.6 Å². The molecule has 2 aliphatic rings. The maximum Gasteiger partial charge on any atom is 0.0221 e. The summed E-state index contributed by atoms with van der Waals surface area (Å²) in [6, 6.07) is 1.66. The van der Waals surface area contributed by atoms with Gasteiger partial charge in [-0.3, -0.25) is 4.90 Å². The molecule has 88 valence electrons. The van der Waals surface area contributed by atoms with Crippen molar-refractivity contribution in [2.24, 2.45) is 0 Å². The van der Waals surface area contributed by atoms with Crippen molar-refractivity contribution in [3.63, 3.8) is 0 Å². The molecule has 0 aromatic heterocycles. The largest absolute Gasteiger partial charge is 0.312 e. The van der Waals surface area contributed by atoms with Crippen LogP contribution in [0, 0.1) is 0 Å². The zero-order valence-corrected chi connectivity index (χ0v) is 10.2. The number of hydrogen-bond donors (Lipinski definition) is 1. The maximum absolute atomic E-state index is 3.79. The van der Waals surface area contributed by atoms with Crippen molar-refractivity contribution in [1.29, 1.82) is 0 Å². The maximum atomic E-state index is 3.79. The van der Waals surface area contributed by atoms with Crippen molar-refractivity contribution in [3.05, 3.63) is 0 Å². The van der Waals surface area contributed by atoms with Crippen LogP contribution in [-0.2, 0) is 0 Å². The topological polar surface area (TPSA) is 15.3 Å². The molecule has 0 radical (unpaired) electrons. The first-order chi connectivity index (χ1) is 7.40. The van der Waals surface area contributed by atoms with E-state index in [0.717, 1.165) is 12.1 Å². The Bertz CT molecular complexity index is 175. The van der Waals surface area contributed by atoms with E-state index in [0.29, 0.717) is 0 Å². The number of hydrogen-bond acceptors (Lipinski definition) is 2. The van der Waals surface area contributed by atoms with E-state index in [4.69, 9.17) is 0 Å². The van der Waals surface area contributed by atoms with Gasteiger partial charge in [-0.15, -0.1) is 0 Å². The Kier molecular flexibility index (Phi) is 4.45. The fourth-order valence-electron chi connectivity index (χ4n) is 3.15. The van der Waals surface area contributed by atoms with Crippen LogP contribution in [-0.4, -0.2) is 36.6 Å². The molecule has 0 bridgehead atoms. The van der Waals surface area contributed by atoms with Crippen LogP contribution in [0.1, 0.15) is 51.9 Å². The van der Waals surface area contributed by atoms with Crippen molar-refractivity contribution >= 4 is 0 Å². The highest BCUT2D eigenvalue weighted by molar-refractivity contribution is 4.82. The third-order valence-electron chi connectivity index (χ3n) is 4.15. The molecule has 1 saturated heterocycles. The van der Waals surface area contributed by atoms with E-state index >= 15 is 0 Å². The fourth-order valence-corrected chi connectivity index (χ4v) is 3.15. The van der Waals surface area contributed by atoms with Gasteiger partial charge >= 0.3 is 0 Å². The highest BCUT2D eigenvalue weighted by atomic mass is 15.2. The molecule has 1 aliphatic carbocycles. The molecule has 1 N–H and O–H groups in total. The summed E-state index contributed by atoms with van der Waals surface area (Å²) in [4.78, 5) is 2.63. The minimum atomic E-state index is 0.830. The Morgan fingerprint density at radius 1 is 1.07 bits per heavy atom. The summed E-state index contributed by atoms with van der Waals surface area (Å²) in [5, 5.41) is 3.79. The molecule has 1 atom stereocenters. The second kappa shape index (κ2) is 5.86. The smallest absolute Gasteiger partial charge is 0.0221 e. The standard InChI is InChI=1S/C13H26N2/c1-2-15-10-6-9-13(15)11-14-12-7-4-3-5-8-12/h12-14H,2-11H2,1H3/t13-/m1/s1. The normalized spacial score (nSPS) is 29.8. The zero-order valence-electron chi connectivity index (χ0n) is 10.2. The lowest BCUT2D eigenvalue weighted by atomic mass is 9.95. The molecule has 0 amide bonds. The van der Waals surface area contributed by atoms with Crippen LogP contribution in [0.5, 0.6) is 0 Å². The van der Waals surface area contributed by atoms with E-state index in [9.17, 15) is 0 Å². The van der Waals surface area contributed by atoms with Gasteiger partial charge in [0.25, 0.3) is 0 Å². The monoisotopic (exact) mass is 210 g/mol. The van der Waals surface area contributed by atoms with Crippen molar-refractivity contribution in [2.75, 3.05) is 19.6 Å². The van der Waals surface area contributed by atoms with Crippen molar-refractivity contribution < 1.29 is 0 Å². The molecule has 2 rings (SSSR count). The molecule has 2 nitrogen and oxygen atoms in total. The molecular formula is C13H26N2. The summed E-state index contributed by atoms with van der Waals surface area (Å²) >= 11 is 0. The van der Waals surface area contributed by atoms with Crippen LogP contribution >= 0.6 is 0 Å². The van der Waals surface area contributed by atoms with Crippen LogP contribution in [0.2, 0.25) is 0 Å². The molecular weight excluding hydrogens is 184 g/mol. The van der Waals surface area contributed by atoms with E-state index < -0.39 is 0 Å². The van der Waals surface area contributed by atoms with E-state index in [1.54, 1.807) is 0 Å². The molecule has 1 aliphatic heterocycles. The van der Waals surface area contributed by atoms with Gasteiger partial charge in [-0.1, -0.05) is 26.2 Å². The highest BCUT2D eigenvalue weighted by Crippen LogP contribution is 2.19. The molecule has 0 aromatic rings. The Hall–Kier alpha value is -0.0800. The summed E-state index contributed by atoms with van der Waals surface area (Å²) < 4.78 is 0. The lowest BCUT2D eigenvalue weighted by Crippen LogP contribution is -2.42. The summed E-state index contributed by atoms with van der Waals surface area (Å²) in [7, 11) is 0. The first-order valence-electron chi connectivity index (χ1n) is 6.87. The van der Waals surface area contributed by atoms with Gasteiger partial charge in [0.15, 0.2) is 0 Å². The number of likely N-dealkylation sites (tertiary alicyclic amines) is 1. The van der Waals surface area contributed by atoms with E-state index in [1.165, 1.54) is 64.6 Å². The molecule has 0 spiro atoms. The first-order valence-corrected chi connectivity index (χ1v) is 6.87. The first kappa shape index (κ1) is 11.4.